The van der Waals surface area contributed by atoms with E-state index in [9.17, 15) is 0 Å². The second kappa shape index (κ2) is 6.15. The number of aromatic nitrogens is 2. The molecule has 2 aromatic rings. The van der Waals surface area contributed by atoms with Gasteiger partial charge in [0.05, 0.1) is 5.69 Å². The lowest BCUT2D eigenvalue weighted by molar-refractivity contribution is 1.11. The van der Waals surface area contributed by atoms with Gasteiger partial charge in [-0.05, 0) is 50.9 Å². The third kappa shape index (κ3) is 3.20. The molecule has 1 aromatic carbocycles. The van der Waals surface area contributed by atoms with E-state index in [1.165, 1.54) is 6.33 Å². The summed E-state index contributed by atoms with van der Waals surface area (Å²) in [4.78, 5) is 8.33. The predicted octanol–water partition coefficient (Wildman–Crippen LogP) is 4.18. The summed E-state index contributed by atoms with van der Waals surface area (Å²) < 4.78 is 1.95. The van der Waals surface area contributed by atoms with Crippen molar-refractivity contribution in [1.82, 2.24) is 9.97 Å². The van der Waals surface area contributed by atoms with Crippen LogP contribution in [0, 0.1) is 0 Å². The van der Waals surface area contributed by atoms with Crippen LogP contribution in [0.25, 0.3) is 0 Å². The number of hydrogen-bond donors (Lipinski definition) is 2. The summed E-state index contributed by atoms with van der Waals surface area (Å²) in [5.41, 5.74) is 0.943. The van der Waals surface area contributed by atoms with Crippen molar-refractivity contribution in [3.8, 4) is 0 Å². The molecule has 0 saturated carbocycles. The van der Waals surface area contributed by atoms with Gasteiger partial charge < -0.3 is 10.6 Å². The molecule has 0 unspecified atom stereocenters. The maximum Gasteiger partial charge on any atom is 0.135 e. The highest BCUT2D eigenvalue weighted by molar-refractivity contribution is 9.11. The molecule has 0 atom stereocenters. The SMILES string of the molecule is CCNc1cc(Nc2c(Br)cccc2Br)ncn1. The van der Waals surface area contributed by atoms with Gasteiger partial charge >= 0.3 is 0 Å². The van der Waals surface area contributed by atoms with Crippen LogP contribution in [-0.2, 0) is 0 Å². The van der Waals surface area contributed by atoms with Crippen molar-refractivity contribution >= 4 is 49.2 Å². The summed E-state index contributed by atoms with van der Waals surface area (Å²) >= 11 is 7.00. The predicted molar refractivity (Wildman–Crippen MR) is 81.3 cm³/mol. The fourth-order valence-electron chi connectivity index (χ4n) is 1.45. The zero-order chi connectivity index (χ0) is 13.0. The third-order valence-electron chi connectivity index (χ3n) is 2.24. The second-order valence-corrected chi connectivity index (χ2v) is 5.25. The molecule has 0 saturated heterocycles. The molecule has 0 aliphatic rings. The van der Waals surface area contributed by atoms with Crippen molar-refractivity contribution in [2.45, 2.75) is 6.92 Å². The van der Waals surface area contributed by atoms with E-state index in [1.54, 1.807) is 0 Å². The molecule has 4 nitrogen and oxygen atoms in total. The first-order chi connectivity index (χ1) is 8.70. The Balaban J connectivity index is 2.26. The molecule has 0 aliphatic heterocycles. The molecule has 1 heterocycles. The Morgan fingerprint density at radius 2 is 1.78 bits per heavy atom. The highest BCUT2D eigenvalue weighted by atomic mass is 79.9. The molecule has 0 radical (unpaired) electrons. The smallest absolute Gasteiger partial charge is 0.135 e. The van der Waals surface area contributed by atoms with Crippen LogP contribution in [0.5, 0.6) is 0 Å². The zero-order valence-corrected chi connectivity index (χ0v) is 12.9. The van der Waals surface area contributed by atoms with Gasteiger partial charge in [0.25, 0.3) is 0 Å². The van der Waals surface area contributed by atoms with Crippen molar-refractivity contribution in [3.05, 3.63) is 39.5 Å². The van der Waals surface area contributed by atoms with Gasteiger partial charge in [-0.3, -0.25) is 0 Å². The molecular weight excluding hydrogens is 360 g/mol. The van der Waals surface area contributed by atoms with E-state index in [4.69, 9.17) is 0 Å². The summed E-state index contributed by atoms with van der Waals surface area (Å²) in [5, 5.41) is 6.40. The minimum absolute atomic E-state index is 0.744. The molecule has 94 valence electrons. The molecule has 2 rings (SSSR count). The number of rotatable bonds is 4. The summed E-state index contributed by atoms with van der Waals surface area (Å²) in [6.45, 7) is 2.86. The topological polar surface area (TPSA) is 49.8 Å². The Morgan fingerprint density at radius 1 is 1.11 bits per heavy atom. The number of anilines is 3. The monoisotopic (exact) mass is 370 g/mol. The molecule has 6 heteroatoms. The number of para-hydroxylation sites is 1. The summed E-state index contributed by atoms with van der Waals surface area (Å²) in [6.07, 6.45) is 1.53. The molecule has 0 bridgehead atoms. The molecule has 1 aromatic heterocycles. The van der Waals surface area contributed by atoms with Gasteiger partial charge in [0, 0.05) is 21.6 Å². The average molecular weight is 372 g/mol. The lowest BCUT2D eigenvalue weighted by Gasteiger charge is -2.10. The van der Waals surface area contributed by atoms with E-state index in [1.807, 2.05) is 31.2 Å². The Kier molecular flexibility index (Phi) is 4.54. The van der Waals surface area contributed by atoms with Crippen LogP contribution in [0.3, 0.4) is 0 Å². The number of nitrogens with zero attached hydrogens (tertiary/aromatic N) is 2. The number of halogens is 2. The van der Waals surface area contributed by atoms with Crippen molar-refractivity contribution in [1.29, 1.82) is 0 Å². The minimum atomic E-state index is 0.744. The fourth-order valence-corrected chi connectivity index (χ4v) is 2.65. The van der Waals surface area contributed by atoms with Crippen molar-refractivity contribution in [3.63, 3.8) is 0 Å². The standard InChI is InChI=1S/C12H12Br2N4/c1-2-15-10-6-11(17-7-16-10)18-12-8(13)4-3-5-9(12)14/h3-7H,2H2,1H3,(H2,15,16,17,18). The van der Waals surface area contributed by atoms with Crippen LogP contribution in [0.15, 0.2) is 39.5 Å². The fraction of sp³-hybridized carbons (Fsp3) is 0.167. The number of benzene rings is 1. The van der Waals surface area contributed by atoms with Crippen LogP contribution < -0.4 is 10.6 Å². The highest BCUT2D eigenvalue weighted by Gasteiger charge is 2.06. The van der Waals surface area contributed by atoms with Crippen LogP contribution in [-0.4, -0.2) is 16.5 Å². The molecule has 0 aliphatic carbocycles. The average Bonchev–Trinajstić information content (AvgIpc) is 2.35. The van der Waals surface area contributed by atoms with E-state index < -0.39 is 0 Å². The van der Waals surface area contributed by atoms with Gasteiger partial charge in [0.15, 0.2) is 0 Å². The zero-order valence-electron chi connectivity index (χ0n) is 9.74. The summed E-state index contributed by atoms with van der Waals surface area (Å²) in [7, 11) is 0. The van der Waals surface area contributed by atoms with E-state index in [0.717, 1.165) is 32.8 Å². The molecule has 18 heavy (non-hydrogen) atoms. The van der Waals surface area contributed by atoms with Gasteiger partial charge in [-0.15, -0.1) is 0 Å². The summed E-state index contributed by atoms with van der Waals surface area (Å²) in [5.74, 6) is 1.55. The van der Waals surface area contributed by atoms with Gasteiger partial charge in [0.1, 0.15) is 18.0 Å². The molecule has 0 fully saturated rings. The van der Waals surface area contributed by atoms with Crippen molar-refractivity contribution in [2.75, 3.05) is 17.2 Å². The number of hydrogen-bond acceptors (Lipinski definition) is 4. The minimum Gasteiger partial charge on any atom is -0.370 e. The van der Waals surface area contributed by atoms with Crippen LogP contribution in [0.4, 0.5) is 17.3 Å². The first-order valence-electron chi connectivity index (χ1n) is 5.47. The van der Waals surface area contributed by atoms with E-state index in [2.05, 4.69) is 52.5 Å². The maximum atomic E-state index is 4.20. The Hall–Kier alpha value is -1.14. The van der Waals surface area contributed by atoms with Gasteiger partial charge in [-0.25, -0.2) is 9.97 Å². The lowest BCUT2D eigenvalue weighted by Crippen LogP contribution is -2.02. The molecular formula is C12H12Br2N4. The van der Waals surface area contributed by atoms with Gasteiger partial charge in [-0.2, -0.15) is 0 Å². The summed E-state index contributed by atoms with van der Waals surface area (Å²) in [6, 6.07) is 7.78. The van der Waals surface area contributed by atoms with Gasteiger partial charge in [0.2, 0.25) is 0 Å². The van der Waals surface area contributed by atoms with Gasteiger partial charge in [-0.1, -0.05) is 6.07 Å². The Labute approximate surface area is 122 Å². The van der Waals surface area contributed by atoms with Crippen LogP contribution in [0.1, 0.15) is 6.92 Å². The first-order valence-corrected chi connectivity index (χ1v) is 7.06. The lowest BCUT2D eigenvalue weighted by atomic mass is 10.3. The van der Waals surface area contributed by atoms with Crippen LogP contribution in [0.2, 0.25) is 0 Å². The van der Waals surface area contributed by atoms with E-state index in [-0.39, 0.29) is 0 Å². The molecule has 0 spiro atoms. The third-order valence-corrected chi connectivity index (χ3v) is 3.56. The highest BCUT2D eigenvalue weighted by Crippen LogP contribution is 2.32. The van der Waals surface area contributed by atoms with E-state index in [0.29, 0.717) is 0 Å². The quantitative estimate of drug-likeness (QED) is 0.846. The first kappa shape index (κ1) is 13.3. The second-order valence-electron chi connectivity index (χ2n) is 3.54. The Morgan fingerprint density at radius 3 is 2.44 bits per heavy atom. The molecule has 0 amide bonds. The van der Waals surface area contributed by atoms with Crippen molar-refractivity contribution < 1.29 is 0 Å². The number of nitrogens with one attached hydrogen (secondary N) is 2. The maximum absolute atomic E-state index is 4.20. The Bertz CT molecular complexity index is 525. The molecule has 2 N–H and O–H groups in total. The van der Waals surface area contributed by atoms with Crippen LogP contribution >= 0.6 is 31.9 Å². The van der Waals surface area contributed by atoms with E-state index >= 15 is 0 Å². The van der Waals surface area contributed by atoms with Crippen molar-refractivity contribution in [2.24, 2.45) is 0 Å². The largest absolute Gasteiger partial charge is 0.370 e. The normalized spacial score (nSPS) is 10.2.